The van der Waals surface area contributed by atoms with E-state index in [1.165, 1.54) is 0 Å². The summed E-state index contributed by atoms with van der Waals surface area (Å²) in [5.41, 5.74) is 4.55. The van der Waals surface area contributed by atoms with Crippen LogP contribution in [0.25, 0.3) is 22.5 Å². The lowest BCUT2D eigenvalue weighted by molar-refractivity contribution is 0.277. The number of tetrazole rings is 1. The molecule has 0 aliphatic heterocycles. The van der Waals surface area contributed by atoms with E-state index in [0.29, 0.717) is 23.2 Å². The molecule has 0 saturated heterocycles. The number of nitrogens with zero attached hydrogens (tertiary/aromatic N) is 5. The second-order valence-corrected chi connectivity index (χ2v) is 7.45. The van der Waals surface area contributed by atoms with Crippen LogP contribution < -0.4 is 0 Å². The van der Waals surface area contributed by atoms with Gasteiger partial charge in [-0.1, -0.05) is 67.4 Å². The second-order valence-electron chi connectivity index (χ2n) is 7.09. The Kier molecular flexibility index (Phi) is 6.21. The topological polar surface area (TPSA) is 92.5 Å². The van der Waals surface area contributed by atoms with Gasteiger partial charge in [-0.2, -0.15) is 5.21 Å². The second kappa shape index (κ2) is 9.19. The molecule has 7 nitrogen and oxygen atoms in total. The van der Waals surface area contributed by atoms with Crippen LogP contribution in [-0.4, -0.2) is 35.3 Å². The molecule has 2 heterocycles. The number of hydrogen-bond acceptors (Lipinski definition) is 5. The molecule has 0 bridgehead atoms. The summed E-state index contributed by atoms with van der Waals surface area (Å²) in [5.74, 6) is 1.42. The van der Waals surface area contributed by atoms with E-state index in [1.807, 2.05) is 22.8 Å². The maximum atomic E-state index is 9.59. The van der Waals surface area contributed by atoms with Crippen molar-refractivity contribution in [3.8, 4) is 22.5 Å². The average molecular weight is 423 g/mol. The molecular formula is C22H23ClN6O. The van der Waals surface area contributed by atoms with Crippen LogP contribution in [0.5, 0.6) is 0 Å². The minimum absolute atomic E-state index is 0.175. The first kappa shape index (κ1) is 20.3. The lowest BCUT2D eigenvalue weighted by Gasteiger charge is -2.13. The number of benzene rings is 2. The van der Waals surface area contributed by atoms with Crippen molar-refractivity contribution in [1.29, 1.82) is 0 Å². The Balaban J connectivity index is 1.75. The van der Waals surface area contributed by atoms with E-state index < -0.39 is 0 Å². The van der Waals surface area contributed by atoms with Crippen LogP contribution in [0.4, 0.5) is 0 Å². The summed E-state index contributed by atoms with van der Waals surface area (Å²) in [4.78, 5) is 4.54. The zero-order chi connectivity index (χ0) is 20.9. The van der Waals surface area contributed by atoms with Crippen LogP contribution in [0, 0.1) is 0 Å². The molecule has 4 aromatic rings. The molecule has 2 aromatic carbocycles. The fraction of sp³-hybridized carbons (Fsp3) is 0.273. The number of imidazole rings is 1. The maximum Gasteiger partial charge on any atom is 0.205 e. The summed E-state index contributed by atoms with van der Waals surface area (Å²) in [7, 11) is 0. The molecule has 0 aliphatic rings. The zero-order valence-corrected chi connectivity index (χ0v) is 17.5. The molecule has 154 valence electrons. The van der Waals surface area contributed by atoms with Crippen molar-refractivity contribution in [1.82, 2.24) is 30.2 Å². The minimum Gasteiger partial charge on any atom is -0.390 e. The number of H-pyrrole nitrogens is 1. The van der Waals surface area contributed by atoms with Crippen molar-refractivity contribution in [2.45, 2.75) is 39.3 Å². The number of nitrogens with one attached hydrogen (secondary N) is 1. The van der Waals surface area contributed by atoms with Crippen LogP contribution >= 0.6 is 11.6 Å². The highest BCUT2D eigenvalue weighted by atomic mass is 35.5. The third-order valence-electron chi connectivity index (χ3n) is 5.05. The summed E-state index contributed by atoms with van der Waals surface area (Å²) < 4.78 is 1.97. The van der Waals surface area contributed by atoms with E-state index in [0.717, 1.165) is 47.3 Å². The van der Waals surface area contributed by atoms with Gasteiger partial charge in [-0.25, -0.2) is 4.98 Å². The molecule has 0 aliphatic carbocycles. The highest BCUT2D eigenvalue weighted by Gasteiger charge is 2.17. The highest BCUT2D eigenvalue weighted by molar-refractivity contribution is 6.30. The van der Waals surface area contributed by atoms with Gasteiger partial charge >= 0.3 is 0 Å². The summed E-state index contributed by atoms with van der Waals surface area (Å²) >= 11 is 6.53. The SMILES string of the molecule is CCCCc1nc(CO)c(Cl)n1Cc1ccc(-c2ccccc2)c(-c2nn[nH]n2)c1. The average Bonchev–Trinajstić information content (AvgIpc) is 3.42. The maximum absolute atomic E-state index is 9.59. The van der Waals surface area contributed by atoms with Gasteiger partial charge in [-0.15, -0.1) is 10.2 Å². The predicted octanol–water partition coefficient (Wildman–Crippen LogP) is 4.27. The Morgan fingerprint density at radius 2 is 1.93 bits per heavy atom. The number of hydrogen-bond donors (Lipinski definition) is 2. The first-order chi connectivity index (χ1) is 14.7. The lowest BCUT2D eigenvalue weighted by Crippen LogP contribution is -2.06. The van der Waals surface area contributed by atoms with E-state index in [-0.39, 0.29) is 6.61 Å². The van der Waals surface area contributed by atoms with E-state index in [9.17, 15) is 5.11 Å². The predicted molar refractivity (Wildman–Crippen MR) is 116 cm³/mol. The number of aliphatic hydroxyl groups is 1. The fourth-order valence-corrected chi connectivity index (χ4v) is 3.78. The van der Waals surface area contributed by atoms with E-state index in [1.54, 1.807) is 0 Å². The zero-order valence-electron chi connectivity index (χ0n) is 16.7. The number of rotatable bonds is 8. The van der Waals surface area contributed by atoms with Crippen LogP contribution in [0.15, 0.2) is 48.5 Å². The monoisotopic (exact) mass is 422 g/mol. The van der Waals surface area contributed by atoms with E-state index in [4.69, 9.17) is 11.6 Å². The Labute approximate surface area is 179 Å². The van der Waals surface area contributed by atoms with Gasteiger partial charge < -0.3 is 9.67 Å². The molecule has 0 fully saturated rings. The molecule has 0 spiro atoms. The Morgan fingerprint density at radius 3 is 2.63 bits per heavy atom. The van der Waals surface area contributed by atoms with Crippen LogP contribution in [0.1, 0.15) is 36.8 Å². The molecule has 30 heavy (non-hydrogen) atoms. The van der Waals surface area contributed by atoms with Gasteiger partial charge in [-0.05, 0) is 34.4 Å². The summed E-state index contributed by atoms with van der Waals surface area (Å²) in [6.45, 7) is 2.51. The number of halogens is 1. The normalized spacial score (nSPS) is 11.2. The molecular weight excluding hydrogens is 400 g/mol. The van der Waals surface area contributed by atoms with Crippen LogP contribution in [-0.2, 0) is 19.6 Å². The molecule has 2 N–H and O–H groups in total. The molecule has 0 saturated carbocycles. The van der Waals surface area contributed by atoms with Gasteiger partial charge in [0, 0.05) is 12.0 Å². The lowest BCUT2D eigenvalue weighted by atomic mass is 9.97. The number of unbranched alkanes of at least 4 members (excludes halogenated alkanes) is 1. The molecule has 4 rings (SSSR count). The first-order valence-electron chi connectivity index (χ1n) is 9.98. The van der Waals surface area contributed by atoms with Crippen LogP contribution in [0.3, 0.4) is 0 Å². The highest BCUT2D eigenvalue weighted by Crippen LogP contribution is 2.31. The van der Waals surface area contributed by atoms with Gasteiger partial charge in [0.2, 0.25) is 5.82 Å². The Hall–Kier alpha value is -3.03. The van der Waals surface area contributed by atoms with Gasteiger partial charge in [0.25, 0.3) is 0 Å². The minimum atomic E-state index is -0.175. The van der Waals surface area contributed by atoms with E-state index in [2.05, 4.69) is 62.9 Å². The third-order valence-corrected chi connectivity index (χ3v) is 5.47. The molecule has 0 atom stereocenters. The van der Waals surface area contributed by atoms with Crippen molar-refractivity contribution >= 4 is 11.6 Å². The molecule has 2 aromatic heterocycles. The number of aryl methyl sites for hydroxylation is 1. The Bertz CT molecular complexity index is 1110. The van der Waals surface area contributed by atoms with Gasteiger partial charge in [0.05, 0.1) is 13.2 Å². The van der Waals surface area contributed by atoms with Crippen molar-refractivity contribution in [2.24, 2.45) is 0 Å². The molecule has 0 unspecified atom stereocenters. The summed E-state index contributed by atoms with van der Waals surface area (Å²) in [6, 6.07) is 16.3. The van der Waals surface area contributed by atoms with Gasteiger partial charge in [0.1, 0.15) is 16.7 Å². The standard InChI is InChI=1S/C22H23ClN6O/c1-2-3-9-20-24-19(14-30)21(23)29(20)13-15-10-11-17(16-7-5-4-6-8-16)18(12-15)22-25-27-28-26-22/h4-8,10-12,30H,2-3,9,13-14H2,1H3,(H,25,26,27,28). The molecule has 0 amide bonds. The smallest absolute Gasteiger partial charge is 0.205 e. The summed E-state index contributed by atoms with van der Waals surface area (Å²) in [5, 5.41) is 24.7. The molecule has 8 heteroatoms. The quantitative estimate of drug-likeness (QED) is 0.442. The Morgan fingerprint density at radius 1 is 1.10 bits per heavy atom. The van der Waals surface area contributed by atoms with Crippen molar-refractivity contribution in [3.63, 3.8) is 0 Å². The largest absolute Gasteiger partial charge is 0.390 e. The fourth-order valence-electron chi connectivity index (χ4n) is 3.52. The van der Waals surface area contributed by atoms with Crippen LogP contribution in [0.2, 0.25) is 5.15 Å². The van der Waals surface area contributed by atoms with Gasteiger partial charge in [-0.3, -0.25) is 0 Å². The van der Waals surface area contributed by atoms with Gasteiger partial charge in [0.15, 0.2) is 0 Å². The third kappa shape index (κ3) is 4.13. The summed E-state index contributed by atoms with van der Waals surface area (Å²) in [6.07, 6.45) is 2.89. The first-order valence-corrected chi connectivity index (χ1v) is 10.4. The van der Waals surface area contributed by atoms with Crippen molar-refractivity contribution < 1.29 is 5.11 Å². The van der Waals surface area contributed by atoms with Crippen molar-refractivity contribution in [3.05, 3.63) is 70.8 Å². The molecule has 0 radical (unpaired) electrons. The number of aromatic amines is 1. The number of aliphatic hydroxyl groups excluding tert-OH is 1. The van der Waals surface area contributed by atoms with Crippen molar-refractivity contribution in [2.75, 3.05) is 0 Å². The number of aromatic nitrogens is 6. The van der Waals surface area contributed by atoms with E-state index >= 15 is 0 Å².